The Morgan fingerprint density at radius 1 is 1.11 bits per heavy atom. The lowest BCUT2D eigenvalue weighted by Crippen LogP contribution is -2.26. The molecule has 2 atom stereocenters. The Morgan fingerprint density at radius 2 is 1.78 bits per heavy atom. The van der Waals surface area contributed by atoms with Crippen molar-refractivity contribution < 1.29 is 8.42 Å². The highest BCUT2D eigenvalue weighted by molar-refractivity contribution is 7.89. The Balaban J connectivity index is 2.08. The van der Waals surface area contributed by atoms with Gasteiger partial charge in [0.25, 0.3) is 0 Å². The van der Waals surface area contributed by atoms with E-state index in [2.05, 4.69) is 11.6 Å². The summed E-state index contributed by atoms with van der Waals surface area (Å²) in [6.07, 6.45) is 0.935. The Hall–Kier alpha value is -1.39. The zero-order valence-corrected chi connectivity index (χ0v) is 10.9. The molecule has 0 aliphatic heterocycles. The SMILES string of the molecule is CC1CC1NS(=O)(=O)c1cccc2ccccc12. The molecule has 1 aliphatic carbocycles. The third-order valence-electron chi connectivity index (χ3n) is 3.46. The molecule has 2 aromatic rings. The molecule has 18 heavy (non-hydrogen) atoms. The monoisotopic (exact) mass is 261 g/mol. The molecule has 3 nitrogen and oxygen atoms in total. The van der Waals surface area contributed by atoms with Crippen LogP contribution in [0.15, 0.2) is 47.4 Å². The van der Waals surface area contributed by atoms with E-state index in [1.54, 1.807) is 12.1 Å². The maximum Gasteiger partial charge on any atom is 0.241 e. The third kappa shape index (κ3) is 2.02. The summed E-state index contributed by atoms with van der Waals surface area (Å²) in [7, 11) is -3.41. The van der Waals surface area contributed by atoms with Gasteiger partial charge in [0.1, 0.15) is 0 Å². The predicted molar refractivity (Wildman–Crippen MR) is 71.8 cm³/mol. The molecule has 0 saturated heterocycles. The zero-order chi connectivity index (χ0) is 12.8. The summed E-state index contributed by atoms with van der Waals surface area (Å²) in [5.41, 5.74) is 0. The molecule has 1 N–H and O–H groups in total. The van der Waals surface area contributed by atoms with Crippen LogP contribution in [0.5, 0.6) is 0 Å². The van der Waals surface area contributed by atoms with Gasteiger partial charge < -0.3 is 0 Å². The molecule has 2 unspecified atom stereocenters. The second-order valence-electron chi connectivity index (χ2n) is 4.92. The number of hydrogen-bond acceptors (Lipinski definition) is 2. The lowest BCUT2D eigenvalue weighted by atomic mass is 10.1. The Labute approximate surface area is 107 Å². The van der Waals surface area contributed by atoms with Crippen molar-refractivity contribution in [1.82, 2.24) is 4.72 Å². The summed E-state index contributed by atoms with van der Waals surface area (Å²) in [5.74, 6) is 0.453. The van der Waals surface area contributed by atoms with E-state index < -0.39 is 10.0 Å². The van der Waals surface area contributed by atoms with Gasteiger partial charge in [-0.3, -0.25) is 0 Å². The van der Waals surface area contributed by atoms with Crippen molar-refractivity contribution in [3.8, 4) is 0 Å². The molecule has 0 spiro atoms. The van der Waals surface area contributed by atoms with Gasteiger partial charge in [-0.25, -0.2) is 13.1 Å². The Kier molecular flexibility index (Phi) is 2.64. The maximum atomic E-state index is 12.3. The molecular weight excluding hydrogens is 246 g/mol. The molecule has 0 heterocycles. The Morgan fingerprint density at radius 3 is 2.50 bits per heavy atom. The smallest absolute Gasteiger partial charge is 0.208 e. The Bertz CT molecular complexity index is 689. The second-order valence-corrected chi connectivity index (χ2v) is 6.60. The van der Waals surface area contributed by atoms with E-state index in [1.165, 1.54) is 0 Å². The highest BCUT2D eigenvalue weighted by Gasteiger charge is 2.36. The quantitative estimate of drug-likeness (QED) is 0.922. The molecule has 0 bridgehead atoms. The number of hydrogen-bond donors (Lipinski definition) is 1. The van der Waals surface area contributed by atoms with Gasteiger partial charge in [0, 0.05) is 11.4 Å². The van der Waals surface area contributed by atoms with Crippen LogP contribution in [-0.4, -0.2) is 14.5 Å². The van der Waals surface area contributed by atoms with Crippen molar-refractivity contribution >= 4 is 20.8 Å². The highest BCUT2D eigenvalue weighted by atomic mass is 32.2. The third-order valence-corrected chi connectivity index (χ3v) is 5.00. The van der Waals surface area contributed by atoms with E-state index in [0.717, 1.165) is 17.2 Å². The van der Waals surface area contributed by atoms with E-state index in [0.29, 0.717) is 10.8 Å². The minimum absolute atomic E-state index is 0.106. The first-order valence-electron chi connectivity index (χ1n) is 6.08. The second kappa shape index (κ2) is 4.07. The summed E-state index contributed by atoms with van der Waals surface area (Å²) in [4.78, 5) is 0.375. The van der Waals surface area contributed by atoms with Crippen molar-refractivity contribution in [2.24, 2.45) is 5.92 Å². The molecule has 94 valence electrons. The van der Waals surface area contributed by atoms with Gasteiger partial charge in [0.15, 0.2) is 0 Å². The van der Waals surface area contributed by atoms with E-state index >= 15 is 0 Å². The van der Waals surface area contributed by atoms with Crippen molar-refractivity contribution in [2.75, 3.05) is 0 Å². The summed E-state index contributed by atoms with van der Waals surface area (Å²) in [5, 5.41) is 1.73. The molecule has 4 heteroatoms. The molecule has 2 aromatic carbocycles. The first kappa shape index (κ1) is 11.7. The van der Waals surface area contributed by atoms with Crippen LogP contribution in [0, 0.1) is 5.92 Å². The lowest BCUT2D eigenvalue weighted by Gasteiger charge is -2.09. The van der Waals surface area contributed by atoms with Crippen LogP contribution in [0.2, 0.25) is 0 Å². The molecule has 3 rings (SSSR count). The minimum Gasteiger partial charge on any atom is -0.208 e. The highest BCUT2D eigenvalue weighted by Crippen LogP contribution is 2.31. The number of benzene rings is 2. The van der Waals surface area contributed by atoms with Crippen LogP contribution in [0.1, 0.15) is 13.3 Å². The van der Waals surface area contributed by atoms with Crippen LogP contribution < -0.4 is 4.72 Å². The van der Waals surface area contributed by atoms with Crippen molar-refractivity contribution in [3.63, 3.8) is 0 Å². The first-order chi connectivity index (χ1) is 8.58. The molecule has 0 aromatic heterocycles. The first-order valence-corrected chi connectivity index (χ1v) is 7.56. The van der Waals surface area contributed by atoms with Crippen molar-refractivity contribution in [1.29, 1.82) is 0 Å². The normalized spacial score (nSPS) is 23.2. The van der Waals surface area contributed by atoms with Crippen LogP contribution in [0.4, 0.5) is 0 Å². The van der Waals surface area contributed by atoms with Gasteiger partial charge in [0.05, 0.1) is 4.90 Å². The number of fused-ring (bicyclic) bond motifs is 1. The van der Waals surface area contributed by atoms with Gasteiger partial charge in [0.2, 0.25) is 10.0 Å². The number of rotatable bonds is 3. The molecule has 0 radical (unpaired) electrons. The van der Waals surface area contributed by atoms with Crippen LogP contribution in [0.25, 0.3) is 10.8 Å². The van der Waals surface area contributed by atoms with Gasteiger partial charge in [-0.15, -0.1) is 0 Å². The van der Waals surface area contributed by atoms with Crippen molar-refractivity contribution in [2.45, 2.75) is 24.3 Å². The van der Waals surface area contributed by atoms with E-state index in [9.17, 15) is 8.42 Å². The fraction of sp³-hybridized carbons (Fsp3) is 0.286. The van der Waals surface area contributed by atoms with Crippen LogP contribution in [0.3, 0.4) is 0 Å². The van der Waals surface area contributed by atoms with Gasteiger partial charge in [-0.2, -0.15) is 0 Å². The fourth-order valence-corrected chi connectivity index (χ4v) is 3.77. The lowest BCUT2D eigenvalue weighted by molar-refractivity contribution is 0.579. The average Bonchev–Trinajstić information content (AvgIpc) is 3.03. The summed E-state index contributed by atoms with van der Waals surface area (Å²) in [6, 6.07) is 13.0. The molecular formula is C14H15NO2S. The topological polar surface area (TPSA) is 46.2 Å². The van der Waals surface area contributed by atoms with E-state index in [4.69, 9.17) is 0 Å². The maximum absolute atomic E-state index is 12.3. The van der Waals surface area contributed by atoms with Crippen LogP contribution in [-0.2, 0) is 10.0 Å². The zero-order valence-electron chi connectivity index (χ0n) is 10.1. The van der Waals surface area contributed by atoms with Gasteiger partial charge >= 0.3 is 0 Å². The van der Waals surface area contributed by atoms with E-state index in [-0.39, 0.29) is 6.04 Å². The predicted octanol–water partition coefficient (Wildman–Crippen LogP) is 2.53. The standard InChI is InChI=1S/C14H15NO2S/c1-10-9-13(10)15-18(16,17)14-8-4-6-11-5-2-3-7-12(11)14/h2-8,10,13,15H,9H2,1H3. The summed E-state index contributed by atoms with van der Waals surface area (Å²) < 4.78 is 27.4. The largest absolute Gasteiger partial charge is 0.241 e. The van der Waals surface area contributed by atoms with Crippen molar-refractivity contribution in [3.05, 3.63) is 42.5 Å². The molecule has 0 amide bonds. The molecule has 1 aliphatic rings. The van der Waals surface area contributed by atoms with Gasteiger partial charge in [-0.1, -0.05) is 43.3 Å². The van der Waals surface area contributed by atoms with Crippen LogP contribution >= 0.6 is 0 Å². The summed E-state index contributed by atoms with van der Waals surface area (Å²) in [6.45, 7) is 2.05. The average molecular weight is 261 g/mol. The fourth-order valence-electron chi connectivity index (χ4n) is 2.18. The van der Waals surface area contributed by atoms with Gasteiger partial charge in [-0.05, 0) is 23.8 Å². The summed E-state index contributed by atoms with van der Waals surface area (Å²) >= 11 is 0. The number of sulfonamides is 1. The van der Waals surface area contributed by atoms with E-state index in [1.807, 2.05) is 30.3 Å². The number of nitrogens with one attached hydrogen (secondary N) is 1. The molecule has 1 fully saturated rings. The minimum atomic E-state index is -3.41. The molecule has 1 saturated carbocycles.